The van der Waals surface area contributed by atoms with E-state index in [9.17, 15) is 29.4 Å². The van der Waals surface area contributed by atoms with E-state index in [0.29, 0.717) is 18.5 Å². The zero-order valence-electron chi connectivity index (χ0n) is 21.8. The van der Waals surface area contributed by atoms with E-state index >= 15 is 0 Å². The number of amides is 3. The van der Waals surface area contributed by atoms with Crippen LogP contribution < -0.4 is 10.6 Å². The van der Waals surface area contributed by atoms with Crippen LogP contribution in [0.5, 0.6) is 0 Å². The molecule has 9 heteroatoms. The average Bonchev–Trinajstić information content (AvgIpc) is 3.64. The Bertz CT molecular complexity index is 1050. The number of fused-ring (bicyclic) bond motifs is 3. The van der Waals surface area contributed by atoms with E-state index < -0.39 is 47.8 Å². The van der Waals surface area contributed by atoms with Crippen molar-refractivity contribution in [2.75, 3.05) is 13.2 Å². The van der Waals surface area contributed by atoms with Crippen LogP contribution in [-0.4, -0.2) is 69.9 Å². The highest BCUT2D eigenvalue weighted by Gasteiger charge is 2.55. The van der Waals surface area contributed by atoms with Gasteiger partial charge in [0.2, 0.25) is 11.8 Å². The Hall–Kier alpha value is -2.78. The van der Waals surface area contributed by atoms with Gasteiger partial charge in [-0.15, -0.1) is 0 Å². The van der Waals surface area contributed by atoms with Crippen LogP contribution in [0.15, 0.2) is 30.3 Å². The summed E-state index contributed by atoms with van der Waals surface area (Å²) in [5, 5.41) is 27.3. The van der Waals surface area contributed by atoms with Crippen molar-refractivity contribution in [3.05, 3.63) is 35.9 Å². The van der Waals surface area contributed by atoms with Crippen molar-refractivity contribution < 1.29 is 29.4 Å². The number of rotatable bonds is 9. The standard InChI is InChI=1S/C29H39N3O6/c33-17-24(34)23(16-19-14-15-30-26(19)35)31-27(36)25-18-10-12-22(13-11-18)32(25)28(37)29(38,21-8-4-5-9-21)20-6-2-1-3-7-20/h1-3,6-7,18-19,21-23,25,33,38H,4-5,8-17H2,(H,30,35)(H,31,36)/t18?,19-,22?,23+,25-,29-/m0/s1. The lowest BCUT2D eigenvalue weighted by Gasteiger charge is -2.53. The molecule has 0 unspecified atom stereocenters. The number of benzene rings is 1. The van der Waals surface area contributed by atoms with Gasteiger partial charge in [0.1, 0.15) is 12.6 Å². The number of ketones is 1. The Morgan fingerprint density at radius 3 is 2.32 bits per heavy atom. The summed E-state index contributed by atoms with van der Waals surface area (Å²) in [5.74, 6) is -2.30. The maximum absolute atomic E-state index is 14.4. The van der Waals surface area contributed by atoms with Crippen LogP contribution in [0.4, 0.5) is 0 Å². The van der Waals surface area contributed by atoms with E-state index in [0.717, 1.165) is 51.4 Å². The second kappa shape index (κ2) is 11.1. The molecule has 206 valence electrons. The Labute approximate surface area is 223 Å². The Balaban J connectivity index is 1.44. The van der Waals surface area contributed by atoms with Gasteiger partial charge in [-0.05, 0) is 62.8 Å². The Morgan fingerprint density at radius 2 is 1.71 bits per heavy atom. The zero-order valence-corrected chi connectivity index (χ0v) is 21.8. The van der Waals surface area contributed by atoms with Gasteiger partial charge in [-0.25, -0.2) is 0 Å². The minimum atomic E-state index is -1.73. The van der Waals surface area contributed by atoms with Crippen molar-refractivity contribution >= 4 is 23.5 Å². The summed E-state index contributed by atoms with van der Waals surface area (Å²) in [7, 11) is 0. The molecule has 9 nitrogen and oxygen atoms in total. The largest absolute Gasteiger partial charge is 0.389 e. The molecule has 38 heavy (non-hydrogen) atoms. The molecule has 4 atom stereocenters. The Kier molecular flexibility index (Phi) is 7.86. The monoisotopic (exact) mass is 525 g/mol. The van der Waals surface area contributed by atoms with Crippen LogP contribution >= 0.6 is 0 Å². The molecule has 0 radical (unpaired) electrons. The highest BCUT2D eigenvalue weighted by atomic mass is 16.3. The van der Waals surface area contributed by atoms with E-state index in [1.54, 1.807) is 17.0 Å². The quantitative estimate of drug-likeness (QED) is 0.385. The van der Waals surface area contributed by atoms with Crippen molar-refractivity contribution in [1.29, 1.82) is 0 Å². The predicted octanol–water partition coefficient (Wildman–Crippen LogP) is 1.41. The molecule has 2 saturated carbocycles. The minimum Gasteiger partial charge on any atom is -0.389 e. The van der Waals surface area contributed by atoms with E-state index in [4.69, 9.17) is 0 Å². The van der Waals surface area contributed by atoms with E-state index in [-0.39, 0.29) is 30.2 Å². The summed E-state index contributed by atoms with van der Waals surface area (Å²) >= 11 is 0. The molecule has 2 aliphatic carbocycles. The van der Waals surface area contributed by atoms with Gasteiger partial charge in [0, 0.05) is 24.4 Å². The number of carbonyl (C=O) groups excluding carboxylic acids is 4. The number of aliphatic hydroxyl groups excluding tert-OH is 1. The second-order valence-corrected chi connectivity index (χ2v) is 11.5. The van der Waals surface area contributed by atoms with Crippen LogP contribution in [0.1, 0.15) is 69.8 Å². The molecule has 1 aromatic carbocycles. The SMILES string of the molecule is O=C1NCC[C@H]1C[C@@H](NC(=O)[C@@H]1C2CCC(CC2)N1C(=O)[C@](O)(c1ccccc1)C1CCCC1)C(=O)CO. The van der Waals surface area contributed by atoms with E-state index in [2.05, 4.69) is 10.6 Å². The lowest BCUT2D eigenvalue weighted by Crippen LogP contribution is -2.67. The lowest BCUT2D eigenvalue weighted by molar-refractivity contribution is -0.176. The topological polar surface area (TPSA) is 136 Å². The number of aliphatic hydroxyl groups is 2. The number of carbonyl (C=O) groups is 4. The molecular formula is C29H39N3O6. The zero-order chi connectivity index (χ0) is 26.9. The van der Waals surface area contributed by atoms with Gasteiger partial charge in [-0.2, -0.15) is 0 Å². The van der Waals surface area contributed by atoms with Crippen molar-refractivity contribution in [2.45, 2.75) is 87.9 Å². The van der Waals surface area contributed by atoms with Gasteiger partial charge in [0.15, 0.2) is 11.4 Å². The maximum atomic E-state index is 14.4. The third-order valence-electron chi connectivity index (χ3n) is 9.41. The summed E-state index contributed by atoms with van der Waals surface area (Å²) < 4.78 is 0. The van der Waals surface area contributed by atoms with Gasteiger partial charge in [0.25, 0.3) is 5.91 Å². The third kappa shape index (κ3) is 4.86. The summed E-state index contributed by atoms with van der Waals surface area (Å²) in [5.41, 5.74) is -1.17. The van der Waals surface area contributed by atoms with Gasteiger partial charge in [0.05, 0.1) is 6.04 Å². The summed E-state index contributed by atoms with van der Waals surface area (Å²) in [4.78, 5) is 54.7. The summed E-state index contributed by atoms with van der Waals surface area (Å²) in [6.45, 7) is -0.223. The Morgan fingerprint density at radius 1 is 1.03 bits per heavy atom. The van der Waals surface area contributed by atoms with Crippen LogP contribution in [0.3, 0.4) is 0 Å². The van der Waals surface area contributed by atoms with Crippen LogP contribution in [0.25, 0.3) is 0 Å². The molecule has 3 heterocycles. The maximum Gasteiger partial charge on any atom is 0.260 e. The molecule has 0 spiro atoms. The number of hydrogen-bond donors (Lipinski definition) is 4. The number of Topliss-reactive ketones (excluding diaryl/α,β-unsaturated/α-hetero) is 1. The van der Waals surface area contributed by atoms with Crippen LogP contribution in [-0.2, 0) is 24.8 Å². The molecule has 5 aliphatic rings. The molecule has 3 amide bonds. The fourth-order valence-corrected chi connectivity index (χ4v) is 7.34. The molecule has 4 N–H and O–H groups in total. The van der Waals surface area contributed by atoms with E-state index in [1.807, 2.05) is 18.2 Å². The minimum absolute atomic E-state index is 0.0767. The van der Waals surface area contributed by atoms with Gasteiger partial charge in [-0.3, -0.25) is 19.2 Å². The van der Waals surface area contributed by atoms with Crippen LogP contribution in [0.2, 0.25) is 0 Å². The molecule has 2 bridgehead atoms. The molecule has 3 aliphatic heterocycles. The molecule has 1 aromatic rings. The number of hydrogen-bond acceptors (Lipinski definition) is 6. The second-order valence-electron chi connectivity index (χ2n) is 11.5. The van der Waals surface area contributed by atoms with Gasteiger partial charge >= 0.3 is 0 Å². The van der Waals surface area contributed by atoms with Crippen molar-refractivity contribution in [3.8, 4) is 0 Å². The first-order valence-electron chi connectivity index (χ1n) is 14.2. The van der Waals surface area contributed by atoms with Crippen molar-refractivity contribution in [1.82, 2.24) is 15.5 Å². The van der Waals surface area contributed by atoms with E-state index in [1.165, 1.54) is 0 Å². The molecule has 5 fully saturated rings. The number of nitrogens with one attached hydrogen (secondary N) is 2. The first-order chi connectivity index (χ1) is 18.3. The number of piperidine rings is 2. The summed E-state index contributed by atoms with van der Waals surface area (Å²) in [6.07, 6.45) is 7.20. The smallest absolute Gasteiger partial charge is 0.260 e. The fourth-order valence-electron chi connectivity index (χ4n) is 7.34. The average molecular weight is 526 g/mol. The molecular weight excluding hydrogens is 486 g/mol. The van der Waals surface area contributed by atoms with Gasteiger partial charge in [-0.1, -0.05) is 43.2 Å². The first-order valence-corrected chi connectivity index (χ1v) is 14.2. The first kappa shape index (κ1) is 26.8. The number of nitrogens with zero attached hydrogens (tertiary/aromatic N) is 1. The third-order valence-corrected chi connectivity index (χ3v) is 9.41. The van der Waals surface area contributed by atoms with Crippen molar-refractivity contribution in [2.24, 2.45) is 17.8 Å². The highest BCUT2D eigenvalue weighted by molar-refractivity contribution is 5.96. The molecule has 0 aromatic heterocycles. The van der Waals surface area contributed by atoms with Crippen LogP contribution in [0, 0.1) is 17.8 Å². The highest BCUT2D eigenvalue weighted by Crippen LogP contribution is 2.46. The summed E-state index contributed by atoms with van der Waals surface area (Å²) in [6, 6.07) is 7.09. The van der Waals surface area contributed by atoms with Crippen molar-refractivity contribution in [3.63, 3.8) is 0 Å². The normalized spacial score (nSPS) is 29.5. The molecule has 6 rings (SSSR count). The predicted molar refractivity (Wildman–Crippen MR) is 138 cm³/mol. The fraction of sp³-hybridized carbons (Fsp3) is 0.655. The molecule has 3 saturated heterocycles. The lowest BCUT2D eigenvalue weighted by atomic mass is 9.71. The van der Waals surface area contributed by atoms with Gasteiger partial charge < -0.3 is 25.7 Å².